The molecule has 0 fully saturated rings. The molecule has 0 aromatic heterocycles. The molecule has 0 heterocycles. The van der Waals surface area contributed by atoms with Crippen molar-refractivity contribution in [1.29, 1.82) is 0 Å². The monoisotopic (exact) mass is 244 g/mol. The van der Waals surface area contributed by atoms with Crippen LogP contribution in [0, 0.1) is 0 Å². The van der Waals surface area contributed by atoms with E-state index in [9.17, 15) is 5.11 Å². The van der Waals surface area contributed by atoms with Crippen molar-refractivity contribution in [2.75, 3.05) is 14.2 Å². The molecule has 94 valence electrons. The van der Waals surface area contributed by atoms with Crippen LogP contribution in [0.2, 0.25) is 0 Å². The topological polar surface area (TPSA) is 38.7 Å². The number of fused-ring (bicyclic) bond motifs is 1. The number of benzene rings is 2. The molecule has 2 aromatic rings. The van der Waals surface area contributed by atoms with E-state index in [2.05, 4.69) is 6.58 Å². The van der Waals surface area contributed by atoms with Crippen molar-refractivity contribution in [3.8, 4) is 17.2 Å². The summed E-state index contributed by atoms with van der Waals surface area (Å²) in [5, 5.41) is 11.8. The molecule has 0 unspecified atom stereocenters. The second-order valence-corrected chi connectivity index (χ2v) is 3.96. The van der Waals surface area contributed by atoms with E-state index in [-0.39, 0.29) is 5.75 Å². The summed E-state index contributed by atoms with van der Waals surface area (Å²) in [7, 11) is 3.21. The molecule has 1 N–H and O–H groups in total. The first kappa shape index (κ1) is 12.3. The van der Waals surface area contributed by atoms with Gasteiger partial charge in [-0.15, -0.1) is 6.58 Å². The molecule has 3 nitrogen and oxygen atoms in total. The maximum Gasteiger partial charge on any atom is 0.130 e. The molecule has 0 saturated carbocycles. The van der Waals surface area contributed by atoms with Gasteiger partial charge in [0.1, 0.15) is 17.2 Å². The molecule has 0 radical (unpaired) electrons. The molecule has 18 heavy (non-hydrogen) atoms. The number of allylic oxidation sites excluding steroid dienone is 1. The fourth-order valence-electron chi connectivity index (χ4n) is 2.10. The molecule has 2 aromatic carbocycles. The Morgan fingerprint density at radius 3 is 2.56 bits per heavy atom. The molecule has 0 spiro atoms. The SMILES string of the molecule is C=CCc1cc(OC)c2c(OC)cccc2c1O. The van der Waals surface area contributed by atoms with Crippen LogP contribution >= 0.6 is 0 Å². The highest BCUT2D eigenvalue weighted by atomic mass is 16.5. The van der Waals surface area contributed by atoms with Gasteiger partial charge in [0.25, 0.3) is 0 Å². The third kappa shape index (κ3) is 1.88. The zero-order valence-corrected chi connectivity index (χ0v) is 10.6. The predicted octanol–water partition coefficient (Wildman–Crippen LogP) is 3.29. The van der Waals surface area contributed by atoms with Crippen LogP contribution in [-0.4, -0.2) is 19.3 Å². The quantitative estimate of drug-likeness (QED) is 0.839. The maximum atomic E-state index is 10.3. The summed E-state index contributed by atoms with van der Waals surface area (Å²) in [6, 6.07) is 7.36. The van der Waals surface area contributed by atoms with Gasteiger partial charge in [-0.2, -0.15) is 0 Å². The Kier molecular flexibility index (Phi) is 3.42. The minimum absolute atomic E-state index is 0.254. The van der Waals surface area contributed by atoms with Gasteiger partial charge in [-0.1, -0.05) is 18.2 Å². The van der Waals surface area contributed by atoms with Gasteiger partial charge >= 0.3 is 0 Å². The van der Waals surface area contributed by atoms with Crippen molar-refractivity contribution in [3.63, 3.8) is 0 Å². The largest absolute Gasteiger partial charge is 0.507 e. The normalized spacial score (nSPS) is 10.3. The highest BCUT2D eigenvalue weighted by molar-refractivity contribution is 5.98. The Morgan fingerprint density at radius 1 is 1.22 bits per heavy atom. The zero-order chi connectivity index (χ0) is 13.1. The molecule has 0 aliphatic rings. The lowest BCUT2D eigenvalue weighted by Gasteiger charge is -2.13. The Balaban J connectivity index is 2.83. The van der Waals surface area contributed by atoms with E-state index in [1.165, 1.54) is 0 Å². The zero-order valence-electron chi connectivity index (χ0n) is 10.6. The predicted molar refractivity (Wildman–Crippen MR) is 72.6 cm³/mol. The number of hydrogen-bond donors (Lipinski definition) is 1. The van der Waals surface area contributed by atoms with Gasteiger partial charge in [-0.25, -0.2) is 0 Å². The molecule has 0 amide bonds. The van der Waals surface area contributed by atoms with E-state index in [0.29, 0.717) is 17.9 Å². The summed E-state index contributed by atoms with van der Waals surface area (Å²) in [5.74, 6) is 1.63. The lowest BCUT2D eigenvalue weighted by Crippen LogP contribution is -1.93. The molecule has 0 aliphatic heterocycles. The first-order valence-corrected chi connectivity index (χ1v) is 5.69. The number of methoxy groups -OCH3 is 2. The Labute approximate surface area is 106 Å². The molecule has 3 heteroatoms. The fourth-order valence-corrected chi connectivity index (χ4v) is 2.10. The summed E-state index contributed by atoms with van der Waals surface area (Å²) in [5.41, 5.74) is 0.794. The van der Waals surface area contributed by atoms with Crippen molar-refractivity contribution in [2.24, 2.45) is 0 Å². The van der Waals surface area contributed by atoms with Gasteiger partial charge in [0.2, 0.25) is 0 Å². The number of rotatable bonds is 4. The Hall–Kier alpha value is -2.16. The number of ether oxygens (including phenoxy) is 2. The Morgan fingerprint density at radius 2 is 1.94 bits per heavy atom. The minimum atomic E-state index is 0.254. The van der Waals surface area contributed by atoms with Crippen molar-refractivity contribution >= 4 is 10.8 Å². The van der Waals surface area contributed by atoms with Crippen molar-refractivity contribution < 1.29 is 14.6 Å². The second-order valence-electron chi connectivity index (χ2n) is 3.96. The van der Waals surface area contributed by atoms with Gasteiger partial charge in [-0.3, -0.25) is 0 Å². The van der Waals surface area contributed by atoms with Crippen molar-refractivity contribution in [1.82, 2.24) is 0 Å². The number of aromatic hydroxyl groups is 1. The van der Waals surface area contributed by atoms with Crippen LogP contribution in [-0.2, 0) is 6.42 Å². The van der Waals surface area contributed by atoms with Crippen LogP contribution in [0.25, 0.3) is 10.8 Å². The van der Waals surface area contributed by atoms with Crippen LogP contribution in [0.15, 0.2) is 36.9 Å². The van der Waals surface area contributed by atoms with Gasteiger partial charge < -0.3 is 14.6 Å². The standard InChI is InChI=1S/C15H16O3/c1-4-6-10-9-13(18-3)14-11(15(10)16)7-5-8-12(14)17-2/h4-5,7-9,16H,1,6H2,2-3H3. The van der Waals surface area contributed by atoms with Gasteiger partial charge in [0.05, 0.1) is 19.6 Å². The van der Waals surface area contributed by atoms with E-state index in [1.807, 2.05) is 24.3 Å². The number of hydrogen-bond acceptors (Lipinski definition) is 3. The average Bonchev–Trinajstić information content (AvgIpc) is 2.41. The van der Waals surface area contributed by atoms with E-state index >= 15 is 0 Å². The molecule has 2 rings (SSSR count). The van der Waals surface area contributed by atoms with Gasteiger partial charge in [0.15, 0.2) is 0 Å². The third-order valence-electron chi connectivity index (χ3n) is 2.94. The molecular weight excluding hydrogens is 228 g/mol. The molecule has 0 bridgehead atoms. The van der Waals surface area contributed by atoms with Crippen LogP contribution < -0.4 is 9.47 Å². The summed E-state index contributed by atoms with van der Waals surface area (Å²) < 4.78 is 10.7. The summed E-state index contributed by atoms with van der Waals surface area (Å²) >= 11 is 0. The third-order valence-corrected chi connectivity index (χ3v) is 2.94. The molecule has 0 aliphatic carbocycles. The highest BCUT2D eigenvalue weighted by Gasteiger charge is 2.14. The molecular formula is C15H16O3. The number of phenols is 1. The second kappa shape index (κ2) is 5.00. The first-order valence-electron chi connectivity index (χ1n) is 5.69. The Bertz CT molecular complexity index is 588. The van der Waals surface area contributed by atoms with E-state index in [0.717, 1.165) is 16.3 Å². The lowest BCUT2D eigenvalue weighted by molar-refractivity contribution is 0.403. The van der Waals surface area contributed by atoms with Crippen LogP contribution in [0.1, 0.15) is 5.56 Å². The smallest absolute Gasteiger partial charge is 0.130 e. The minimum Gasteiger partial charge on any atom is -0.507 e. The van der Waals surface area contributed by atoms with Gasteiger partial charge in [-0.05, 0) is 18.6 Å². The highest BCUT2D eigenvalue weighted by Crippen LogP contribution is 2.41. The van der Waals surface area contributed by atoms with Crippen molar-refractivity contribution in [3.05, 3.63) is 42.5 Å². The summed E-state index contributed by atoms with van der Waals surface area (Å²) in [6.07, 6.45) is 2.34. The summed E-state index contributed by atoms with van der Waals surface area (Å²) in [6.45, 7) is 3.69. The first-order chi connectivity index (χ1) is 8.72. The summed E-state index contributed by atoms with van der Waals surface area (Å²) in [4.78, 5) is 0. The van der Waals surface area contributed by atoms with E-state index in [4.69, 9.17) is 9.47 Å². The van der Waals surface area contributed by atoms with Gasteiger partial charge in [0, 0.05) is 10.9 Å². The lowest BCUT2D eigenvalue weighted by atomic mass is 10.0. The van der Waals surface area contributed by atoms with Crippen LogP contribution in [0.3, 0.4) is 0 Å². The number of phenolic OH excluding ortho intramolecular Hbond substituents is 1. The van der Waals surface area contributed by atoms with E-state index in [1.54, 1.807) is 20.3 Å². The van der Waals surface area contributed by atoms with Crippen LogP contribution in [0.5, 0.6) is 17.2 Å². The average molecular weight is 244 g/mol. The molecule has 0 saturated heterocycles. The molecule has 0 atom stereocenters. The van der Waals surface area contributed by atoms with Crippen LogP contribution in [0.4, 0.5) is 0 Å². The fraction of sp³-hybridized carbons (Fsp3) is 0.200. The van der Waals surface area contributed by atoms with Crippen molar-refractivity contribution in [2.45, 2.75) is 6.42 Å². The van der Waals surface area contributed by atoms with E-state index < -0.39 is 0 Å². The maximum absolute atomic E-state index is 10.3.